The maximum absolute atomic E-state index is 11.1. The summed E-state index contributed by atoms with van der Waals surface area (Å²) in [6.45, 7) is 3.74. The van der Waals surface area contributed by atoms with Crippen LogP contribution in [-0.4, -0.2) is 31.1 Å². The third-order valence-electron chi connectivity index (χ3n) is 4.54. The Morgan fingerprint density at radius 3 is 2.26 bits per heavy atom. The van der Waals surface area contributed by atoms with E-state index in [2.05, 4.69) is 17.6 Å². The number of hydrogen-bond acceptors (Lipinski definition) is 3. The first-order valence-corrected chi connectivity index (χ1v) is 8.68. The van der Waals surface area contributed by atoms with Gasteiger partial charge in [-0.05, 0) is 50.3 Å². The third-order valence-corrected chi connectivity index (χ3v) is 4.79. The fourth-order valence-corrected chi connectivity index (χ4v) is 3.56. The number of nitrogens with one attached hydrogen (secondary N) is 2. The molecule has 2 atom stereocenters. The second-order valence-corrected chi connectivity index (χ2v) is 6.85. The Morgan fingerprint density at radius 1 is 1.17 bits per heavy atom. The summed E-state index contributed by atoms with van der Waals surface area (Å²) in [7, 11) is 1.74. The molecule has 0 heterocycles. The van der Waals surface area contributed by atoms with Crippen LogP contribution in [0.4, 0.5) is 0 Å². The van der Waals surface area contributed by atoms with Crippen molar-refractivity contribution < 1.29 is 9.53 Å². The number of carbonyl (C=O) groups is 1. The Labute approximate surface area is 143 Å². The van der Waals surface area contributed by atoms with Gasteiger partial charge in [0, 0.05) is 37.2 Å². The Kier molecular flexibility index (Phi) is 6.88. The van der Waals surface area contributed by atoms with E-state index in [1.54, 1.807) is 14.0 Å². The standard InChI is InChI=1S/C18H27ClN2O2/c1-12(18(23-3)14-4-6-15(19)7-5-14)20-16-8-10-17(11-9-16)21-13(2)22/h4-7,12,16-18,20H,8-11H2,1-3H3,(H,21,22). The summed E-state index contributed by atoms with van der Waals surface area (Å²) in [5.41, 5.74) is 1.13. The summed E-state index contributed by atoms with van der Waals surface area (Å²) in [6, 6.07) is 8.84. The molecule has 1 aromatic carbocycles. The van der Waals surface area contributed by atoms with Crippen LogP contribution in [-0.2, 0) is 9.53 Å². The van der Waals surface area contributed by atoms with Gasteiger partial charge in [-0.25, -0.2) is 0 Å². The molecule has 1 aliphatic rings. The van der Waals surface area contributed by atoms with Gasteiger partial charge in [0.2, 0.25) is 5.91 Å². The van der Waals surface area contributed by atoms with Crippen molar-refractivity contribution in [2.45, 2.75) is 63.8 Å². The van der Waals surface area contributed by atoms with Crippen molar-refractivity contribution >= 4 is 17.5 Å². The first-order valence-electron chi connectivity index (χ1n) is 8.31. The fourth-order valence-electron chi connectivity index (χ4n) is 3.43. The van der Waals surface area contributed by atoms with Crippen LogP contribution in [0.1, 0.15) is 51.2 Å². The van der Waals surface area contributed by atoms with Crippen LogP contribution in [0.2, 0.25) is 5.02 Å². The van der Waals surface area contributed by atoms with Crippen molar-refractivity contribution in [3.8, 4) is 0 Å². The molecule has 0 spiro atoms. The summed E-state index contributed by atoms with van der Waals surface area (Å²) in [4.78, 5) is 11.1. The van der Waals surface area contributed by atoms with Crippen LogP contribution in [0.25, 0.3) is 0 Å². The van der Waals surface area contributed by atoms with Gasteiger partial charge in [0.1, 0.15) is 0 Å². The van der Waals surface area contributed by atoms with Gasteiger partial charge in [-0.2, -0.15) is 0 Å². The first kappa shape index (κ1) is 18.2. The average molecular weight is 339 g/mol. The molecule has 1 aliphatic carbocycles. The molecule has 1 fully saturated rings. The van der Waals surface area contributed by atoms with Gasteiger partial charge in [0.25, 0.3) is 0 Å². The van der Waals surface area contributed by atoms with Gasteiger partial charge < -0.3 is 15.4 Å². The second-order valence-electron chi connectivity index (χ2n) is 6.41. The highest BCUT2D eigenvalue weighted by Gasteiger charge is 2.26. The average Bonchev–Trinajstić information content (AvgIpc) is 2.51. The topological polar surface area (TPSA) is 50.4 Å². The molecular weight excluding hydrogens is 312 g/mol. The zero-order valence-electron chi connectivity index (χ0n) is 14.1. The number of rotatable bonds is 6. The maximum Gasteiger partial charge on any atom is 0.217 e. The van der Waals surface area contributed by atoms with Gasteiger partial charge >= 0.3 is 0 Å². The van der Waals surface area contributed by atoms with Gasteiger partial charge in [-0.15, -0.1) is 0 Å². The van der Waals surface area contributed by atoms with E-state index in [1.807, 2.05) is 24.3 Å². The van der Waals surface area contributed by atoms with Crippen molar-refractivity contribution in [1.82, 2.24) is 10.6 Å². The predicted molar refractivity (Wildman–Crippen MR) is 93.7 cm³/mol. The molecule has 23 heavy (non-hydrogen) atoms. The minimum atomic E-state index is 0.000310. The molecule has 1 amide bonds. The van der Waals surface area contributed by atoms with Crippen LogP contribution < -0.4 is 10.6 Å². The zero-order chi connectivity index (χ0) is 16.8. The Morgan fingerprint density at radius 2 is 1.74 bits per heavy atom. The summed E-state index contributed by atoms with van der Waals surface area (Å²) in [5.74, 6) is 0.0666. The number of ether oxygens (including phenoxy) is 1. The Bertz CT molecular complexity index is 498. The molecule has 2 rings (SSSR count). The smallest absolute Gasteiger partial charge is 0.217 e. The van der Waals surface area contributed by atoms with Crippen molar-refractivity contribution in [1.29, 1.82) is 0 Å². The van der Waals surface area contributed by atoms with E-state index in [0.29, 0.717) is 12.1 Å². The zero-order valence-corrected chi connectivity index (χ0v) is 14.9. The molecule has 0 bridgehead atoms. The predicted octanol–water partition coefficient (Wildman–Crippen LogP) is 3.45. The van der Waals surface area contributed by atoms with Crippen LogP contribution in [0.5, 0.6) is 0 Å². The van der Waals surface area contributed by atoms with Gasteiger partial charge in [0.05, 0.1) is 6.10 Å². The van der Waals surface area contributed by atoms with Crippen molar-refractivity contribution in [3.05, 3.63) is 34.9 Å². The lowest BCUT2D eigenvalue weighted by molar-refractivity contribution is -0.119. The van der Waals surface area contributed by atoms with Crippen LogP contribution in [0.15, 0.2) is 24.3 Å². The molecule has 128 valence electrons. The summed E-state index contributed by atoms with van der Waals surface area (Å²) in [6.07, 6.45) is 4.21. The lowest BCUT2D eigenvalue weighted by Crippen LogP contribution is -2.45. The van der Waals surface area contributed by atoms with E-state index in [1.165, 1.54) is 0 Å². The minimum absolute atomic E-state index is 0.000310. The maximum atomic E-state index is 11.1. The SMILES string of the molecule is COC(c1ccc(Cl)cc1)C(C)NC1CCC(NC(C)=O)CC1. The van der Waals surface area contributed by atoms with E-state index in [0.717, 1.165) is 36.3 Å². The number of halogens is 1. The van der Waals surface area contributed by atoms with Gasteiger partial charge in [-0.3, -0.25) is 4.79 Å². The van der Waals surface area contributed by atoms with Crippen molar-refractivity contribution in [3.63, 3.8) is 0 Å². The van der Waals surface area contributed by atoms with E-state index in [9.17, 15) is 4.79 Å². The quantitative estimate of drug-likeness (QED) is 0.835. The molecule has 4 nitrogen and oxygen atoms in total. The largest absolute Gasteiger partial charge is 0.375 e. The van der Waals surface area contributed by atoms with E-state index in [4.69, 9.17) is 16.3 Å². The van der Waals surface area contributed by atoms with Crippen LogP contribution in [0.3, 0.4) is 0 Å². The van der Waals surface area contributed by atoms with E-state index >= 15 is 0 Å². The Hall–Kier alpha value is -1.10. The second kappa shape index (κ2) is 8.67. The highest BCUT2D eigenvalue weighted by Crippen LogP contribution is 2.25. The monoisotopic (exact) mass is 338 g/mol. The number of hydrogen-bond donors (Lipinski definition) is 2. The normalized spacial score (nSPS) is 24.0. The summed E-state index contributed by atoms with van der Waals surface area (Å²) >= 11 is 5.96. The minimum Gasteiger partial charge on any atom is -0.375 e. The highest BCUT2D eigenvalue weighted by atomic mass is 35.5. The molecule has 1 aromatic rings. The van der Waals surface area contributed by atoms with Crippen LogP contribution >= 0.6 is 11.6 Å². The molecule has 0 aliphatic heterocycles. The van der Waals surface area contributed by atoms with E-state index < -0.39 is 0 Å². The molecule has 0 aromatic heterocycles. The van der Waals surface area contributed by atoms with Crippen LogP contribution in [0, 0.1) is 0 Å². The molecule has 1 saturated carbocycles. The number of benzene rings is 1. The Balaban J connectivity index is 1.87. The molecular formula is C18H27ClN2O2. The molecule has 0 saturated heterocycles. The number of methoxy groups -OCH3 is 1. The van der Waals surface area contributed by atoms with E-state index in [-0.39, 0.29) is 18.1 Å². The van der Waals surface area contributed by atoms with Crippen molar-refractivity contribution in [2.75, 3.05) is 7.11 Å². The van der Waals surface area contributed by atoms with Crippen molar-refractivity contribution in [2.24, 2.45) is 0 Å². The fraction of sp³-hybridized carbons (Fsp3) is 0.611. The highest BCUT2D eigenvalue weighted by molar-refractivity contribution is 6.30. The van der Waals surface area contributed by atoms with Gasteiger partial charge in [0.15, 0.2) is 0 Å². The van der Waals surface area contributed by atoms with Gasteiger partial charge in [-0.1, -0.05) is 23.7 Å². The molecule has 2 N–H and O–H groups in total. The number of amides is 1. The lowest BCUT2D eigenvalue weighted by atomic mass is 9.90. The summed E-state index contributed by atoms with van der Waals surface area (Å²) < 4.78 is 5.69. The summed E-state index contributed by atoms with van der Waals surface area (Å²) in [5, 5.41) is 7.44. The lowest BCUT2D eigenvalue weighted by Gasteiger charge is -2.33. The third kappa shape index (κ3) is 5.48. The molecule has 5 heteroatoms. The molecule has 2 unspecified atom stereocenters. The number of carbonyl (C=O) groups excluding carboxylic acids is 1. The molecule has 0 radical (unpaired) electrons. The first-order chi connectivity index (χ1) is 11.0.